The minimum absolute atomic E-state index is 0.138. The highest BCUT2D eigenvalue weighted by Crippen LogP contribution is 2.42. The summed E-state index contributed by atoms with van der Waals surface area (Å²) in [6.07, 6.45) is 4.32. The van der Waals surface area contributed by atoms with E-state index in [9.17, 15) is 4.79 Å². The molecule has 0 bridgehead atoms. The summed E-state index contributed by atoms with van der Waals surface area (Å²) in [6.45, 7) is 9.26. The molecule has 0 spiro atoms. The van der Waals surface area contributed by atoms with Gasteiger partial charge in [0, 0.05) is 18.5 Å². The van der Waals surface area contributed by atoms with E-state index in [1.165, 1.54) is 6.42 Å². The number of amides is 1. The van der Waals surface area contributed by atoms with Crippen molar-refractivity contribution in [3.63, 3.8) is 0 Å². The molecule has 0 radical (unpaired) electrons. The van der Waals surface area contributed by atoms with E-state index in [2.05, 4.69) is 33.0 Å². The van der Waals surface area contributed by atoms with Crippen molar-refractivity contribution in [3.05, 3.63) is 0 Å². The minimum atomic E-state index is 0.138. The van der Waals surface area contributed by atoms with Gasteiger partial charge in [-0.1, -0.05) is 34.1 Å². The Balaban J connectivity index is 2.52. The van der Waals surface area contributed by atoms with E-state index in [4.69, 9.17) is 5.73 Å². The third kappa shape index (κ3) is 3.98. The molecule has 0 saturated heterocycles. The van der Waals surface area contributed by atoms with Crippen molar-refractivity contribution in [2.45, 2.75) is 59.4 Å². The quantitative estimate of drug-likeness (QED) is 0.774. The van der Waals surface area contributed by atoms with Gasteiger partial charge in [-0.05, 0) is 30.6 Å². The van der Waals surface area contributed by atoms with Gasteiger partial charge in [0.2, 0.25) is 5.91 Å². The summed E-state index contributed by atoms with van der Waals surface area (Å²) in [5, 5.41) is 3.13. The van der Waals surface area contributed by atoms with Crippen LogP contribution >= 0.6 is 0 Å². The molecule has 2 atom stereocenters. The Morgan fingerprint density at radius 2 is 2.12 bits per heavy atom. The standard InChI is InChI=1S/C14H28N2O/c1-10(2)8-11(9-15)16-13(17)12-6-5-7-14(12,3)4/h10-12H,5-9,15H2,1-4H3,(H,16,17). The second-order valence-corrected chi connectivity index (χ2v) is 6.50. The number of hydrogen-bond acceptors (Lipinski definition) is 2. The van der Waals surface area contributed by atoms with Gasteiger partial charge in [0.1, 0.15) is 0 Å². The average Bonchev–Trinajstić information content (AvgIpc) is 2.56. The molecule has 3 nitrogen and oxygen atoms in total. The lowest BCUT2D eigenvalue weighted by molar-refractivity contribution is -0.128. The molecular formula is C14H28N2O. The highest BCUT2D eigenvalue weighted by Gasteiger charge is 2.39. The molecule has 0 aromatic heterocycles. The summed E-state index contributed by atoms with van der Waals surface area (Å²) < 4.78 is 0. The van der Waals surface area contributed by atoms with Crippen LogP contribution in [0, 0.1) is 17.3 Å². The fraction of sp³-hybridized carbons (Fsp3) is 0.929. The molecule has 0 aromatic carbocycles. The Labute approximate surface area is 106 Å². The van der Waals surface area contributed by atoms with Crippen LogP contribution in [0.25, 0.3) is 0 Å². The lowest BCUT2D eigenvalue weighted by Crippen LogP contribution is -2.45. The fourth-order valence-electron chi connectivity index (χ4n) is 2.90. The molecule has 1 aliphatic carbocycles. The van der Waals surface area contributed by atoms with Crippen molar-refractivity contribution in [1.29, 1.82) is 0 Å². The number of rotatable bonds is 5. The zero-order valence-electron chi connectivity index (χ0n) is 11.8. The predicted octanol–water partition coefficient (Wildman–Crippen LogP) is 2.30. The minimum Gasteiger partial charge on any atom is -0.352 e. The van der Waals surface area contributed by atoms with Crippen LogP contribution in [0.5, 0.6) is 0 Å². The number of hydrogen-bond donors (Lipinski definition) is 2. The Bertz CT molecular complexity index is 261. The van der Waals surface area contributed by atoms with E-state index in [1.54, 1.807) is 0 Å². The monoisotopic (exact) mass is 240 g/mol. The molecule has 1 rings (SSSR count). The van der Waals surface area contributed by atoms with Crippen molar-refractivity contribution in [2.75, 3.05) is 6.54 Å². The zero-order valence-corrected chi connectivity index (χ0v) is 11.8. The largest absolute Gasteiger partial charge is 0.352 e. The summed E-state index contributed by atoms with van der Waals surface area (Å²) in [6, 6.07) is 0.138. The maximum Gasteiger partial charge on any atom is 0.223 e. The van der Waals surface area contributed by atoms with Crippen LogP contribution in [0.3, 0.4) is 0 Å². The SMILES string of the molecule is CC(C)CC(CN)NC(=O)C1CCCC1(C)C. The van der Waals surface area contributed by atoms with Crippen molar-refractivity contribution in [1.82, 2.24) is 5.32 Å². The molecular weight excluding hydrogens is 212 g/mol. The molecule has 1 fully saturated rings. The predicted molar refractivity (Wildman–Crippen MR) is 71.6 cm³/mol. The van der Waals surface area contributed by atoms with Crippen molar-refractivity contribution >= 4 is 5.91 Å². The fourth-order valence-corrected chi connectivity index (χ4v) is 2.90. The van der Waals surface area contributed by atoms with E-state index in [-0.39, 0.29) is 23.3 Å². The molecule has 0 aromatic rings. The van der Waals surface area contributed by atoms with Crippen LogP contribution in [-0.4, -0.2) is 18.5 Å². The van der Waals surface area contributed by atoms with E-state index in [0.29, 0.717) is 12.5 Å². The third-order valence-corrected chi connectivity index (χ3v) is 3.96. The van der Waals surface area contributed by atoms with E-state index in [0.717, 1.165) is 19.3 Å². The van der Waals surface area contributed by atoms with E-state index >= 15 is 0 Å². The summed E-state index contributed by atoms with van der Waals surface area (Å²) in [5.74, 6) is 0.952. The number of nitrogens with one attached hydrogen (secondary N) is 1. The first-order valence-electron chi connectivity index (χ1n) is 6.87. The summed E-state index contributed by atoms with van der Waals surface area (Å²) in [4.78, 5) is 12.2. The molecule has 3 N–H and O–H groups in total. The first-order chi connectivity index (χ1) is 7.86. The lowest BCUT2D eigenvalue weighted by Gasteiger charge is -2.28. The molecule has 100 valence electrons. The molecule has 0 heterocycles. The molecule has 3 heteroatoms. The Morgan fingerprint density at radius 1 is 1.47 bits per heavy atom. The normalized spacial score (nSPS) is 24.9. The third-order valence-electron chi connectivity index (χ3n) is 3.96. The van der Waals surface area contributed by atoms with Crippen LogP contribution < -0.4 is 11.1 Å². The van der Waals surface area contributed by atoms with Gasteiger partial charge in [0.15, 0.2) is 0 Å². The maximum atomic E-state index is 12.2. The van der Waals surface area contributed by atoms with Crippen LogP contribution in [0.2, 0.25) is 0 Å². The highest BCUT2D eigenvalue weighted by molar-refractivity contribution is 5.80. The molecule has 1 aliphatic rings. The van der Waals surface area contributed by atoms with E-state index < -0.39 is 0 Å². The smallest absolute Gasteiger partial charge is 0.223 e. The Hall–Kier alpha value is -0.570. The van der Waals surface area contributed by atoms with Gasteiger partial charge >= 0.3 is 0 Å². The van der Waals surface area contributed by atoms with Crippen LogP contribution in [0.15, 0.2) is 0 Å². The first kappa shape index (κ1) is 14.5. The summed E-state index contributed by atoms with van der Waals surface area (Å²) >= 11 is 0. The Kier molecular flexibility index (Phi) is 4.99. The lowest BCUT2D eigenvalue weighted by atomic mass is 9.81. The van der Waals surface area contributed by atoms with Crippen LogP contribution in [0.4, 0.5) is 0 Å². The summed E-state index contributed by atoms with van der Waals surface area (Å²) in [5.41, 5.74) is 5.87. The van der Waals surface area contributed by atoms with Gasteiger partial charge in [0.05, 0.1) is 0 Å². The maximum absolute atomic E-state index is 12.2. The van der Waals surface area contributed by atoms with Crippen LogP contribution in [0.1, 0.15) is 53.4 Å². The highest BCUT2D eigenvalue weighted by atomic mass is 16.2. The van der Waals surface area contributed by atoms with Crippen molar-refractivity contribution in [2.24, 2.45) is 23.0 Å². The van der Waals surface area contributed by atoms with Gasteiger partial charge in [0.25, 0.3) is 0 Å². The van der Waals surface area contributed by atoms with E-state index in [1.807, 2.05) is 0 Å². The number of nitrogens with two attached hydrogens (primary N) is 1. The number of carbonyl (C=O) groups excluding carboxylic acids is 1. The van der Waals surface area contributed by atoms with Crippen molar-refractivity contribution < 1.29 is 4.79 Å². The molecule has 2 unspecified atom stereocenters. The second-order valence-electron chi connectivity index (χ2n) is 6.50. The van der Waals surface area contributed by atoms with Crippen molar-refractivity contribution in [3.8, 4) is 0 Å². The molecule has 1 saturated carbocycles. The number of carbonyl (C=O) groups is 1. The second kappa shape index (κ2) is 5.85. The van der Waals surface area contributed by atoms with Gasteiger partial charge in [-0.2, -0.15) is 0 Å². The zero-order chi connectivity index (χ0) is 13.1. The molecule has 0 aliphatic heterocycles. The topological polar surface area (TPSA) is 55.1 Å². The first-order valence-corrected chi connectivity index (χ1v) is 6.87. The van der Waals surface area contributed by atoms with Crippen LogP contribution in [-0.2, 0) is 4.79 Å². The van der Waals surface area contributed by atoms with Gasteiger partial charge in [-0.15, -0.1) is 0 Å². The van der Waals surface area contributed by atoms with Gasteiger partial charge in [-0.25, -0.2) is 0 Å². The Morgan fingerprint density at radius 3 is 2.53 bits per heavy atom. The molecule has 17 heavy (non-hydrogen) atoms. The average molecular weight is 240 g/mol. The van der Waals surface area contributed by atoms with Gasteiger partial charge < -0.3 is 11.1 Å². The molecule has 1 amide bonds. The van der Waals surface area contributed by atoms with Gasteiger partial charge in [-0.3, -0.25) is 4.79 Å². The summed E-state index contributed by atoms with van der Waals surface area (Å²) in [7, 11) is 0.